The molecule has 0 bridgehead atoms. The quantitative estimate of drug-likeness (QED) is 0.656. The second kappa shape index (κ2) is 10.2. The molecule has 3 amide bonds. The van der Waals surface area contributed by atoms with E-state index in [1.54, 1.807) is 6.07 Å². The number of rotatable bonds is 7. The number of carboxylic acid groups (broad SMARTS) is 1. The van der Waals surface area contributed by atoms with E-state index in [2.05, 4.69) is 10.6 Å². The number of aliphatic carboxylic acids is 1. The summed E-state index contributed by atoms with van der Waals surface area (Å²) in [5, 5.41) is 14.0. The van der Waals surface area contributed by atoms with E-state index in [-0.39, 0.29) is 25.0 Å². The van der Waals surface area contributed by atoms with E-state index in [0.717, 1.165) is 24.0 Å². The number of carbonyl (C=O) groups is 3. The Hall–Kier alpha value is -2.45. The average Bonchev–Trinajstić information content (AvgIpc) is 2.63. The number of anilines is 1. The summed E-state index contributed by atoms with van der Waals surface area (Å²) in [5.41, 5.74) is 2.85. The molecule has 1 saturated heterocycles. The fourth-order valence-electron chi connectivity index (χ4n) is 3.47. The van der Waals surface area contributed by atoms with Gasteiger partial charge >= 0.3 is 12.0 Å². The summed E-state index contributed by atoms with van der Waals surface area (Å²) in [4.78, 5) is 39.1. The van der Waals surface area contributed by atoms with Crippen molar-refractivity contribution in [1.82, 2.24) is 15.1 Å². The number of carbonyl (C=O) groups excluding carboxylic acids is 2. The van der Waals surface area contributed by atoms with E-state index >= 15 is 0 Å². The van der Waals surface area contributed by atoms with Crippen molar-refractivity contribution >= 4 is 23.6 Å². The van der Waals surface area contributed by atoms with Crippen molar-refractivity contribution in [1.29, 1.82) is 0 Å². The van der Waals surface area contributed by atoms with Crippen LogP contribution in [0.2, 0.25) is 0 Å². The van der Waals surface area contributed by atoms with Crippen LogP contribution in [0.1, 0.15) is 30.9 Å². The molecule has 1 aromatic rings. The number of carboxylic acids is 1. The summed E-state index contributed by atoms with van der Waals surface area (Å²) in [6, 6.07) is 5.25. The molecule has 8 nitrogen and oxygen atoms in total. The number of nitrogens with one attached hydrogen (secondary N) is 2. The normalized spacial score (nSPS) is 15.4. The van der Waals surface area contributed by atoms with Gasteiger partial charge in [-0.15, -0.1) is 0 Å². The van der Waals surface area contributed by atoms with Crippen molar-refractivity contribution in [2.24, 2.45) is 0 Å². The molecular weight excluding hydrogens is 360 g/mol. The van der Waals surface area contributed by atoms with E-state index in [0.29, 0.717) is 25.3 Å². The number of likely N-dealkylation sites (tertiary alicyclic amines) is 1. The molecule has 0 atom stereocenters. The molecule has 0 aliphatic carbocycles. The molecule has 1 aromatic carbocycles. The Morgan fingerprint density at radius 2 is 1.86 bits per heavy atom. The van der Waals surface area contributed by atoms with Gasteiger partial charge in [-0.05, 0) is 56.5 Å². The maximum absolute atomic E-state index is 12.1. The first-order valence-corrected chi connectivity index (χ1v) is 9.64. The number of amides is 3. The van der Waals surface area contributed by atoms with Gasteiger partial charge < -0.3 is 10.4 Å². The molecule has 154 valence electrons. The minimum absolute atomic E-state index is 0.0420. The lowest BCUT2D eigenvalue weighted by molar-refractivity contribution is -0.139. The number of benzene rings is 1. The molecule has 0 unspecified atom stereocenters. The fourth-order valence-corrected chi connectivity index (χ4v) is 3.47. The van der Waals surface area contributed by atoms with Gasteiger partial charge in [0.15, 0.2) is 0 Å². The van der Waals surface area contributed by atoms with E-state index in [1.165, 1.54) is 0 Å². The summed E-state index contributed by atoms with van der Waals surface area (Å²) in [6.45, 7) is 8.20. The van der Waals surface area contributed by atoms with Crippen molar-refractivity contribution in [3.63, 3.8) is 0 Å². The van der Waals surface area contributed by atoms with Crippen LogP contribution in [0.5, 0.6) is 0 Å². The third kappa shape index (κ3) is 6.61. The summed E-state index contributed by atoms with van der Waals surface area (Å²) in [6.07, 6.45) is 1.62. The predicted molar refractivity (Wildman–Crippen MR) is 107 cm³/mol. The standard InChI is InChI=1S/C20H30N4O4/c1-4-24(13-19(26)27)17-7-9-23(10-8-17)12-18(25)22-20(28)21-16-6-5-14(2)15(3)11-16/h5-6,11,17H,4,7-10,12-13H2,1-3H3,(H,26,27)(H2,21,22,25,28). The topological polar surface area (TPSA) is 102 Å². The Labute approximate surface area is 165 Å². The average molecular weight is 390 g/mol. The molecule has 0 radical (unpaired) electrons. The molecule has 1 fully saturated rings. The highest BCUT2D eigenvalue weighted by Crippen LogP contribution is 2.16. The van der Waals surface area contributed by atoms with Gasteiger partial charge in [0, 0.05) is 24.8 Å². The maximum Gasteiger partial charge on any atom is 0.325 e. The van der Waals surface area contributed by atoms with Crippen LogP contribution in [0.25, 0.3) is 0 Å². The summed E-state index contributed by atoms with van der Waals surface area (Å²) in [5.74, 6) is -1.17. The monoisotopic (exact) mass is 390 g/mol. The lowest BCUT2D eigenvalue weighted by Gasteiger charge is -2.37. The number of piperidine rings is 1. The fraction of sp³-hybridized carbons (Fsp3) is 0.550. The number of hydrogen-bond donors (Lipinski definition) is 3. The Morgan fingerprint density at radius 1 is 1.18 bits per heavy atom. The molecule has 28 heavy (non-hydrogen) atoms. The molecule has 1 aliphatic heterocycles. The van der Waals surface area contributed by atoms with Crippen molar-refractivity contribution < 1.29 is 19.5 Å². The highest BCUT2D eigenvalue weighted by atomic mass is 16.4. The second-order valence-electron chi connectivity index (χ2n) is 7.27. The number of nitrogens with zero attached hydrogens (tertiary/aromatic N) is 2. The van der Waals surface area contributed by atoms with Gasteiger partial charge in [0.2, 0.25) is 5.91 Å². The van der Waals surface area contributed by atoms with Gasteiger partial charge in [-0.3, -0.25) is 24.7 Å². The van der Waals surface area contributed by atoms with Crippen LogP contribution in [-0.2, 0) is 9.59 Å². The smallest absolute Gasteiger partial charge is 0.325 e. The van der Waals surface area contributed by atoms with Gasteiger partial charge in [-0.25, -0.2) is 4.79 Å². The Kier molecular flexibility index (Phi) is 7.95. The lowest BCUT2D eigenvalue weighted by Crippen LogP contribution is -2.49. The SMILES string of the molecule is CCN(CC(=O)O)C1CCN(CC(=O)NC(=O)Nc2ccc(C)c(C)c2)CC1. The van der Waals surface area contributed by atoms with Crippen molar-refractivity contribution in [3.05, 3.63) is 29.3 Å². The number of hydrogen-bond acceptors (Lipinski definition) is 5. The molecule has 0 aromatic heterocycles. The highest BCUT2D eigenvalue weighted by molar-refractivity contribution is 6.01. The molecule has 8 heteroatoms. The predicted octanol–water partition coefficient (Wildman–Crippen LogP) is 1.82. The zero-order valence-electron chi connectivity index (χ0n) is 16.8. The number of likely N-dealkylation sites (N-methyl/N-ethyl adjacent to an activating group) is 1. The van der Waals surface area contributed by atoms with Gasteiger partial charge in [-0.2, -0.15) is 0 Å². The Balaban J connectivity index is 1.75. The van der Waals surface area contributed by atoms with Crippen LogP contribution < -0.4 is 10.6 Å². The van der Waals surface area contributed by atoms with Gasteiger partial charge in [0.25, 0.3) is 0 Å². The Morgan fingerprint density at radius 3 is 2.43 bits per heavy atom. The summed E-state index contributed by atoms with van der Waals surface area (Å²) < 4.78 is 0. The van der Waals surface area contributed by atoms with Crippen LogP contribution >= 0.6 is 0 Å². The Bertz CT molecular complexity index is 714. The van der Waals surface area contributed by atoms with E-state index in [1.807, 2.05) is 42.7 Å². The van der Waals surface area contributed by atoms with Gasteiger partial charge in [0.1, 0.15) is 0 Å². The number of aryl methyl sites for hydroxylation is 2. The first-order valence-electron chi connectivity index (χ1n) is 9.64. The molecule has 3 N–H and O–H groups in total. The maximum atomic E-state index is 12.1. The van der Waals surface area contributed by atoms with Crippen LogP contribution in [0, 0.1) is 13.8 Å². The summed E-state index contributed by atoms with van der Waals surface area (Å²) in [7, 11) is 0. The third-order valence-electron chi connectivity index (χ3n) is 5.20. The molecule has 1 aliphatic rings. The van der Waals surface area contributed by atoms with Crippen LogP contribution in [0.4, 0.5) is 10.5 Å². The van der Waals surface area contributed by atoms with Crippen molar-refractivity contribution in [3.8, 4) is 0 Å². The highest BCUT2D eigenvalue weighted by Gasteiger charge is 2.26. The van der Waals surface area contributed by atoms with Gasteiger partial charge in [-0.1, -0.05) is 13.0 Å². The minimum Gasteiger partial charge on any atom is -0.480 e. The van der Waals surface area contributed by atoms with Gasteiger partial charge in [0.05, 0.1) is 13.1 Å². The van der Waals surface area contributed by atoms with Crippen LogP contribution in [0.15, 0.2) is 18.2 Å². The molecule has 0 spiro atoms. The van der Waals surface area contributed by atoms with E-state index in [4.69, 9.17) is 5.11 Å². The summed E-state index contributed by atoms with van der Waals surface area (Å²) >= 11 is 0. The molecule has 0 saturated carbocycles. The molecule has 1 heterocycles. The first-order chi connectivity index (χ1) is 13.3. The van der Waals surface area contributed by atoms with Crippen LogP contribution in [0.3, 0.4) is 0 Å². The van der Waals surface area contributed by atoms with Crippen molar-refractivity contribution in [2.75, 3.05) is 38.0 Å². The van der Waals surface area contributed by atoms with Crippen molar-refractivity contribution in [2.45, 2.75) is 39.7 Å². The van der Waals surface area contributed by atoms with E-state index in [9.17, 15) is 14.4 Å². The lowest BCUT2D eigenvalue weighted by atomic mass is 10.0. The second-order valence-corrected chi connectivity index (χ2v) is 7.27. The molecular formula is C20H30N4O4. The number of imide groups is 1. The molecule has 2 rings (SSSR count). The van der Waals surface area contributed by atoms with Crippen LogP contribution in [-0.4, -0.2) is 71.6 Å². The minimum atomic E-state index is -0.821. The van der Waals surface area contributed by atoms with E-state index < -0.39 is 12.0 Å². The third-order valence-corrected chi connectivity index (χ3v) is 5.20. The zero-order valence-corrected chi connectivity index (χ0v) is 16.8. The zero-order chi connectivity index (χ0) is 20.7. The largest absolute Gasteiger partial charge is 0.480 e. The first kappa shape index (κ1) is 21.8. The number of urea groups is 1.